The second kappa shape index (κ2) is 10.7. The SMILES string of the molecule is C[C@@H](c1cccc2ccccc12)N1C=CN([C@@H](C)c2cccc3ccccc23)[P+]1.O=S(=O)([O-])C(F)(F)F. The van der Waals surface area contributed by atoms with E-state index in [0.717, 1.165) is 0 Å². The number of fused-ring (bicyclic) bond motifs is 2. The summed E-state index contributed by atoms with van der Waals surface area (Å²) in [6.45, 7) is 4.59. The number of rotatable bonds is 4. The van der Waals surface area contributed by atoms with Gasteiger partial charge in [-0.2, -0.15) is 22.5 Å². The Morgan fingerprint density at radius 1 is 0.703 bits per heavy atom. The van der Waals surface area contributed by atoms with Crippen LogP contribution in [0.3, 0.4) is 0 Å². The minimum Gasteiger partial charge on any atom is -0.741 e. The Morgan fingerprint density at radius 3 is 1.43 bits per heavy atom. The predicted octanol–water partition coefficient (Wildman–Crippen LogP) is 7.73. The number of alkyl halides is 3. The first kappa shape index (κ1) is 26.9. The van der Waals surface area contributed by atoms with Crippen molar-refractivity contribution in [2.45, 2.75) is 31.4 Å². The Balaban J connectivity index is 0.000000349. The molecule has 0 amide bonds. The zero-order chi connectivity index (χ0) is 26.8. The van der Waals surface area contributed by atoms with E-state index in [4.69, 9.17) is 13.0 Å². The first-order valence-electron chi connectivity index (χ1n) is 11.4. The largest absolute Gasteiger partial charge is 0.741 e. The van der Waals surface area contributed by atoms with Crippen molar-refractivity contribution in [3.63, 3.8) is 0 Å². The third kappa shape index (κ3) is 5.90. The zero-order valence-electron chi connectivity index (χ0n) is 20.0. The van der Waals surface area contributed by atoms with Gasteiger partial charge in [0.15, 0.2) is 10.1 Å². The summed E-state index contributed by atoms with van der Waals surface area (Å²) < 4.78 is 63.7. The molecule has 0 aromatic heterocycles. The molecule has 0 saturated heterocycles. The fraction of sp³-hybridized carbons (Fsp3) is 0.185. The van der Waals surface area contributed by atoms with Crippen LogP contribution in [0.5, 0.6) is 0 Å². The van der Waals surface area contributed by atoms with Crippen molar-refractivity contribution < 1.29 is 26.1 Å². The summed E-state index contributed by atoms with van der Waals surface area (Å²) in [6.07, 6.45) is 4.46. The third-order valence-corrected chi connectivity index (χ3v) is 8.14. The van der Waals surface area contributed by atoms with Crippen molar-refractivity contribution in [3.8, 4) is 0 Å². The topological polar surface area (TPSA) is 63.7 Å². The van der Waals surface area contributed by atoms with Gasteiger partial charge in [-0.05, 0) is 46.5 Å². The molecule has 0 aliphatic carbocycles. The second-order valence-corrected chi connectivity index (χ2v) is 11.0. The number of nitrogens with zero attached hydrogens (tertiary/aromatic N) is 2. The van der Waals surface area contributed by atoms with E-state index in [0.29, 0.717) is 12.1 Å². The molecule has 0 bridgehead atoms. The van der Waals surface area contributed by atoms with Crippen LogP contribution in [0.2, 0.25) is 0 Å². The Labute approximate surface area is 215 Å². The molecule has 0 unspecified atom stereocenters. The summed E-state index contributed by atoms with van der Waals surface area (Å²) in [5.74, 6) is 0. The molecule has 0 fully saturated rings. The molecule has 10 heteroatoms. The van der Waals surface area contributed by atoms with E-state index >= 15 is 0 Å². The van der Waals surface area contributed by atoms with Crippen LogP contribution in [0.15, 0.2) is 97.3 Å². The van der Waals surface area contributed by atoms with Gasteiger partial charge in [-0.1, -0.05) is 84.9 Å². The van der Waals surface area contributed by atoms with Crippen LogP contribution in [-0.4, -0.2) is 27.8 Å². The Kier molecular flexibility index (Phi) is 7.78. The minimum atomic E-state index is -6.09. The normalized spacial score (nSPS) is 15.5. The Morgan fingerprint density at radius 2 is 1.05 bits per heavy atom. The molecular formula is C27H24F3N2O3PS. The van der Waals surface area contributed by atoms with Gasteiger partial charge in [0, 0.05) is 0 Å². The van der Waals surface area contributed by atoms with Crippen LogP contribution in [0, 0.1) is 0 Å². The zero-order valence-corrected chi connectivity index (χ0v) is 21.7. The number of hydrogen-bond donors (Lipinski definition) is 0. The molecule has 0 saturated carbocycles. The Bertz CT molecular complexity index is 1440. The van der Waals surface area contributed by atoms with Crippen LogP contribution >= 0.6 is 8.88 Å². The van der Waals surface area contributed by atoms with Crippen molar-refractivity contribution in [1.82, 2.24) is 9.34 Å². The highest BCUT2D eigenvalue weighted by molar-refractivity contribution is 7.86. The van der Waals surface area contributed by atoms with Crippen LogP contribution in [0.1, 0.15) is 37.1 Å². The van der Waals surface area contributed by atoms with Gasteiger partial charge < -0.3 is 4.55 Å². The van der Waals surface area contributed by atoms with Gasteiger partial charge in [0.1, 0.15) is 0 Å². The lowest BCUT2D eigenvalue weighted by atomic mass is 10.00. The van der Waals surface area contributed by atoms with Crippen molar-refractivity contribution in [3.05, 3.63) is 108 Å². The van der Waals surface area contributed by atoms with E-state index in [1.54, 1.807) is 0 Å². The minimum absolute atomic E-state index is 0.309. The van der Waals surface area contributed by atoms with Crippen molar-refractivity contribution in [2.24, 2.45) is 0 Å². The second-order valence-electron chi connectivity index (χ2n) is 8.54. The van der Waals surface area contributed by atoms with E-state index in [-0.39, 0.29) is 0 Å². The molecule has 5 rings (SSSR count). The average Bonchev–Trinajstić information content (AvgIpc) is 3.37. The van der Waals surface area contributed by atoms with Crippen molar-refractivity contribution in [2.75, 3.05) is 0 Å². The lowest BCUT2D eigenvalue weighted by Crippen LogP contribution is -2.21. The average molecular weight is 545 g/mol. The lowest BCUT2D eigenvalue weighted by Gasteiger charge is -2.19. The fourth-order valence-corrected chi connectivity index (χ4v) is 5.28. The monoisotopic (exact) mass is 544 g/mol. The predicted molar refractivity (Wildman–Crippen MR) is 140 cm³/mol. The molecular weight excluding hydrogens is 520 g/mol. The summed E-state index contributed by atoms with van der Waals surface area (Å²) in [6, 6.07) is 31.2. The quantitative estimate of drug-likeness (QED) is 0.149. The number of hydrogen-bond acceptors (Lipinski definition) is 5. The molecule has 0 spiro atoms. The van der Waals surface area contributed by atoms with Gasteiger partial charge in [0.25, 0.3) is 0 Å². The summed E-state index contributed by atoms with van der Waals surface area (Å²) in [7, 11) is -4.90. The van der Waals surface area contributed by atoms with Crippen LogP contribution < -0.4 is 0 Å². The molecule has 2 atom stereocenters. The maximum absolute atomic E-state index is 10.7. The van der Waals surface area contributed by atoms with E-state index in [9.17, 15) is 13.2 Å². The first-order valence-corrected chi connectivity index (χ1v) is 13.6. The van der Waals surface area contributed by atoms with E-state index in [1.807, 2.05) is 0 Å². The first-order chi connectivity index (χ1) is 17.5. The Hall–Kier alpha value is -3.13. The molecule has 4 aromatic carbocycles. The molecule has 5 nitrogen and oxygen atoms in total. The van der Waals surface area contributed by atoms with Crippen molar-refractivity contribution >= 4 is 40.5 Å². The van der Waals surface area contributed by atoms with Crippen LogP contribution in [0.4, 0.5) is 13.2 Å². The van der Waals surface area contributed by atoms with E-state index in [1.165, 1.54) is 41.6 Å². The molecule has 2 radical (unpaired) electrons. The standard InChI is InChI=1S/C26H24N2P.CHF3O3S/c1-19(23-15-7-11-21-9-3-5-13-25(21)23)27-17-18-28(29-27)20(2)24-16-8-12-22-10-4-6-14-26(22)24;2-1(3,4)8(5,6)7/h3-20H,1-2H3;(H,5,6,7)/q+1;/p-1/t19-,20-;/m0./s1. The summed E-state index contributed by atoms with van der Waals surface area (Å²) in [5, 5.41) is 5.29. The third-order valence-electron chi connectivity index (χ3n) is 6.20. The highest BCUT2D eigenvalue weighted by Crippen LogP contribution is 2.45. The van der Waals surface area contributed by atoms with Gasteiger partial charge in [-0.25, -0.2) is 8.42 Å². The highest BCUT2D eigenvalue weighted by Gasteiger charge is 2.40. The number of benzene rings is 4. The van der Waals surface area contributed by atoms with Crippen LogP contribution in [-0.2, 0) is 10.1 Å². The maximum atomic E-state index is 10.7. The smallest absolute Gasteiger partial charge is 0.626 e. The molecule has 1 aliphatic heterocycles. The van der Waals surface area contributed by atoms with E-state index < -0.39 is 15.6 Å². The molecule has 37 heavy (non-hydrogen) atoms. The maximum Gasteiger partial charge on any atom is 0.626 e. The summed E-state index contributed by atoms with van der Waals surface area (Å²) in [4.78, 5) is 0. The van der Waals surface area contributed by atoms with Gasteiger partial charge >= 0.3 is 14.4 Å². The molecule has 1 aliphatic rings. The molecule has 192 valence electrons. The summed E-state index contributed by atoms with van der Waals surface area (Å²) >= 11 is 0. The van der Waals surface area contributed by atoms with Crippen molar-refractivity contribution in [1.29, 1.82) is 0 Å². The van der Waals surface area contributed by atoms with Gasteiger partial charge in [0.05, 0.1) is 24.5 Å². The highest BCUT2D eigenvalue weighted by atomic mass is 32.2. The molecule has 4 aromatic rings. The van der Waals surface area contributed by atoms with Gasteiger partial charge in [-0.3, -0.25) is 0 Å². The fourth-order valence-electron chi connectivity index (χ4n) is 4.24. The van der Waals surface area contributed by atoms with Gasteiger partial charge in [-0.15, -0.1) is 0 Å². The van der Waals surface area contributed by atoms with E-state index in [2.05, 4.69) is 121 Å². The van der Waals surface area contributed by atoms with Gasteiger partial charge in [0.2, 0.25) is 0 Å². The van der Waals surface area contributed by atoms with Crippen LogP contribution in [0.25, 0.3) is 21.5 Å². The molecule has 1 heterocycles. The molecule has 0 N–H and O–H groups in total. The number of halogens is 3. The summed E-state index contributed by atoms with van der Waals surface area (Å²) in [5.41, 5.74) is -2.90. The lowest BCUT2D eigenvalue weighted by molar-refractivity contribution is -0.0517.